The van der Waals surface area contributed by atoms with Crippen LogP contribution in [0.4, 0.5) is 4.39 Å². The standard InChI is InChI=1S/C21H30FN5O.HI/c1-4-23-20(24-12-6-9-18-26-19(15(2)3)27-28-18)25-14-21(10-11-21)16-7-5-8-17(22)13-16;/h5,7-8,13,15H,4,6,9-12,14H2,1-3H3,(H2,23,24,25);1H. The van der Waals surface area contributed by atoms with Crippen LogP contribution in [0.3, 0.4) is 0 Å². The molecule has 2 aromatic rings. The first-order chi connectivity index (χ1) is 13.5. The van der Waals surface area contributed by atoms with Crippen molar-refractivity contribution in [2.75, 3.05) is 19.6 Å². The number of benzene rings is 1. The zero-order valence-electron chi connectivity index (χ0n) is 17.4. The Morgan fingerprint density at radius 2 is 2.10 bits per heavy atom. The van der Waals surface area contributed by atoms with E-state index in [1.165, 1.54) is 6.07 Å². The van der Waals surface area contributed by atoms with Gasteiger partial charge in [0.1, 0.15) is 5.82 Å². The molecule has 2 N–H and O–H groups in total. The van der Waals surface area contributed by atoms with Crippen molar-refractivity contribution in [3.63, 3.8) is 0 Å². The molecule has 160 valence electrons. The summed E-state index contributed by atoms with van der Waals surface area (Å²) in [4.78, 5) is 9.14. The van der Waals surface area contributed by atoms with E-state index in [9.17, 15) is 4.39 Å². The van der Waals surface area contributed by atoms with Crippen molar-refractivity contribution in [2.24, 2.45) is 4.99 Å². The van der Waals surface area contributed by atoms with E-state index in [1.54, 1.807) is 12.1 Å². The zero-order valence-corrected chi connectivity index (χ0v) is 19.7. The SMILES string of the molecule is CCNC(=NCC1(c2cccc(F)c2)CC1)NCCCc1nc(C(C)C)no1.I. The van der Waals surface area contributed by atoms with Gasteiger partial charge < -0.3 is 15.2 Å². The van der Waals surface area contributed by atoms with E-state index < -0.39 is 0 Å². The van der Waals surface area contributed by atoms with Gasteiger partial charge in [0.25, 0.3) is 0 Å². The molecule has 6 nitrogen and oxygen atoms in total. The van der Waals surface area contributed by atoms with Crippen molar-refractivity contribution in [3.8, 4) is 0 Å². The molecular formula is C21H31FIN5O. The number of hydrogen-bond acceptors (Lipinski definition) is 4. The van der Waals surface area contributed by atoms with Gasteiger partial charge in [-0.2, -0.15) is 4.98 Å². The second-order valence-electron chi connectivity index (χ2n) is 7.72. The summed E-state index contributed by atoms with van der Waals surface area (Å²) >= 11 is 0. The maximum atomic E-state index is 13.6. The molecule has 1 fully saturated rings. The lowest BCUT2D eigenvalue weighted by molar-refractivity contribution is 0.368. The van der Waals surface area contributed by atoms with Gasteiger partial charge >= 0.3 is 0 Å². The summed E-state index contributed by atoms with van der Waals surface area (Å²) in [5.74, 6) is 2.31. The predicted octanol–water partition coefficient (Wildman–Crippen LogP) is 4.17. The first-order valence-electron chi connectivity index (χ1n) is 10.1. The van der Waals surface area contributed by atoms with Gasteiger partial charge in [-0.25, -0.2) is 4.39 Å². The molecule has 1 aliphatic carbocycles. The van der Waals surface area contributed by atoms with E-state index >= 15 is 0 Å². The molecule has 8 heteroatoms. The Kier molecular flexibility index (Phi) is 8.85. The van der Waals surface area contributed by atoms with Gasteiger partial charge in [-0.1, -0.05) is 31.1 Å². The molecule has 0 radical (unpaired) electrons. The van der Waals surface area contributed by atoms with Crippen LogP contribution in [0.5, 0.6) is 0 Å². The summed E-state index contributed by atoms with van der Waals surface area (Å²) < 4.78 is 18.8. The molecular weight excluding hydrogens is 484 g/mol. The van der Waals surface area contributed by atoms with Crippen LogP contribution in [-0.2, 0) is 11.8 Å². The smallest absolute Gasteiger partial charge is 0.226 e. The number of aromatic nitrogens is 2. The fourth-order valence-corrected chi connectivity index (χ4v) is 3.13. The average Bonchev–Trinajstić information content (AvgIpc) is 3.32. The monoisotopic (exact) mass is 515 g/mol. The molecule has 1 aromatic heterocycles. The van der Waals surface area contributed by atoms with Crippen molar-refractivity contribution in [3.05, 3.63) is 47.4 Å². The molecule has 29 heavy (non-hydrogen) atoms. The van der Waals surface area contributed by atoms with Crippen LogP contribution in [0.15, 0.2) is 33.8 Å². The highest BCUT2D eigenvalue weighted by molar-refractivity contribution is 14.0. The summed E-state index contributed by atoms with van der Waals surface area (Å²) in [7, 11) is 0. The normalized spacial score (nSPS) is 15.1. The highest BCUT2D eigenvalue weighted by Crippen LogP contribution is 2.48. The van der Waals surface area contributed by atoms with E-state index in [1.807, 2.05) is 26.8 Å². The van der Waals surface area contributed by atoms with Crippen LogP contribution in [0.1, 0.15) is 63.2 Å². The van der Waals surface area contributed by atoms with Crippen LogP contribution in [0.25, 0.3) is 0 Å². The fraction of sp³-hybridized carbons (Fsp3) is 0.571. The topological polar surface area (TPSA) is 75.3 Å². The number of guanidine groups is 1. The minimum atomic E-state index is -0.181. The third-order valence-corrected chi connectivity index (χ3v) is 5.03. The average molecular weight is 515 g/mol. The second-order valence-corrected chi connectivity index (χ2v) is 7.72. The summed E-state index contributed by atoms with van der Waals surface area (Å²) in [5.41, 5.74) is 1.03. The Morgan fingerprint density at radius 3 is 2.72 bits per heavy atom. The van der Waals surface area contributed by atoms with Crippen molar-refractivity contribution in [1.29, 1.82) is 0 Å². The van der Waals surface area contributed by atoms with E-state index in [-0.39, 0.29) is 41.1 Å². The van der Waals surface area contributed by atoms with Crippen molar-refractivity contribution in [1.82, 2.24) is 20.8 Å². The van der Waals surface area contributed by atoms with Crippen LogP contribution in [0.2, 0.25) is 0 Å². The lowest BCUT2D eigenvalue weighted by atomic mass is 9.96. The quantitative estimate of drug-likeness (QED) is 0.227. The molecule has 0 spiro atoms. The maximum Gasteiger partial charge on any atom is 0.226 e. The minimum Gasteiger partial charge on any atom is -0.357 e. The number of hydrogen-bond donors (Lipinski definition) is 2. The number of nitrogens with one attached hydrogen (secondary N) is 2. The highest BCUT2D eigenvalue weighted by Gasteiger charge is 2.44. The molecule has 1 aliphatic rings. The van der Waals surface area contributed by atoms with Gasteiger partial charge in [0.15, 0.2) is 11.8 Å². The third kappa shape index (κ3) is 6.65. The number of nitrogens with zero attached hydrogens (tertiary/aromatic N) is 3. The summed E-state index contributed by atoms with van der Waals surface area (Å²) in [5, 5.41) is 10.6. The largest absolute Gasteiger partial charge is 0.357 e. The van der Waals surface area contributed by atoms with E-state index in [2.05, 4.69) is 20.8 Å². The molecule has 1 saturated carbocycles. The van der Waals surface area contributed by atoms with E-state index in [4.69, 9.17) is 9.52 Å². The molecule has 0 saturated heterocycles. The fourth-order valence-electron chi connectivity index (χ4n) is 3.13. The predicted molar refractivity (Wildman–Crippen MR) is 123 cm³/mol. The highest BCUT2D eigenvalue weighted by atomic mass is 127. The molecule has 0 bridgehead atoms. The Morgan fingerprint density at radius 1 is 1.31 bits per heavy atom. The third-order valence-electron chi connectivity index (χ3n) is 5.03. The minimum absolute atomic E-state index is 0. The summed E-state index contributed by atoms with van der Waals surface area (Å²) in [6.07, 6.45) is 3.71. The van der Waals surface area contributed by atoms with Gasteiger partial charge in [0.05, 0.1) is 6.54 Å². The molecule has 0 atom stereocenters. The Hall–Kier alpha value is -1.71. The van der Waals surface area contributed by atoms with Gasteiger partial charge in [0, 0.05) is 30.8 Å². The Balaban J connectivity index is 0.00000300. The van der Waals surface area contributed by atoms with Crippen molar-refractivity contribution in [2.45, 2.75) is 57.8 Å². The van der Waals surface area contributed by atoms with Gasteiger partial charge in [-0.05, 0) is 43.9 Å². The van der Waals surface area contributed by atoms with E-state index in [0.29, 0.717) is 12.4 Å². The molecule has 0 aliphatic heterocycles. The van der Waals surface area contributed by atoms with Crippen LogP contribution >= 0.6 is 24.0 Å². The van der Waals surface area contributed by atoms with Crippen LogP contribution < -0.4 is 10.6 Å². The zero-order chi connectivity index (χ0) is 20.0. The maximum absolute atomic E-state index is 13.6. The van der Waals surface area contributed by atoms with Crippen molar-refractivity contribution < 1.29 is 8.91 Å². The lowest BCUT2D eigenvalue weighted by Gasteiger charge is -2.16. The summed E-state index contributed by atoms with van der Waals surface area (Å²) in [6.45, 7) is 8.35. The second kappa shape index (κ2) is 10.9. The van der Waals surface area contributed by atoms with E-state index in [0.717, 1.165) is 56.1 Å². The molecule has 1 heterocycles. The number of aryl methyl sites for hydroxylation is 1. The van der Waals surface area contributed by atoms with Crippen molar-refractivity contribution >= 4 is 29.9 Å². The van der Waals surface area contributed by atoms with Gasteiger partial charge in [-0.15, -0.1) is 24.0 Å². The molecule has 3 rings (SSSR count). The molecule has 0 amide bonds. The molecule has 0 unspecified atom stereocenters. The first-order valence-corrected chi connectivity index (χ1v) is 10.1. The Bertz CT molecular complexity index is 804. The number of halogens is 2. The number of aliphatic imine (C=N–C) groups is 1. The molecule has 1 aromatic carbocycles. The summed E-state index contributed by atoms with van der Waals surface area (Å²) in [6, 6.07) is 6.91. The van der Waals surface area contributed by atoms with Crippen LogP contribution in [0, 0.1) is 5.82 Å². The first kappa shape index (κ1) is 23.6. The lowest BCUT2D eigenvalue weighted by Crippen LogP contribution is -2.38. The number of rotatable bonds is 9. The van der Waals surface area contributed by atoms with Gasteiger partial charge in [-0.3, -0.25) is 4.99 Å². The van der Waals surface area contributed by atoms with Gasteiger partial charge in [0.2, 0.25) is 5.89 Å². The van der Waals surface area contributed by atoms with Crippen LogP contribution in [-0.4, -0.2) is 35.7 Å². The Labute approximate surface area is 189 Å².